The number of nitrogens with one attached hydrogen (secondary N) is 2. The summed E-state index contributed by atoms with van der Waals surface area (Å²) in [4.78, 5) is 20.9. The van der Waals surface area contributed by atoms with Gasteiger partial charge in [-0.1, -0.05) is 12.1 Å². The van der Waals surface area contributed by atoms with Crippen LogP contribution in [0.5, 0.6) is 0 Å². The summed E-state index contributed by atoms with van der Waals surface area (Å²) in [7, 11) is 3.45. The maximum absolute atomic E-state index is 14.2. The van der Waals surface area contributed by atoms with Crippen molar-refractivity contribution < 1.29 is 31.9 Å². The fourth-order valence-electron chi connectivity index (χ4n) is 4.24. The summed E-state index contributed by atoms with van der Waals surface area (Å²) >= 11 is 0. The number of ether oxygens (including phenoxy) is 1. The molecular weight excluding hydrogens is 440 g/mol. The van der Waals surface area contributed by atoms with E-state index in [-0.39, 0.29) is 17.5 Å². The molecule has 1 fully saturated rings. The molecule has 2 aromatic rings. The van der Waals surface area contributed by atoms with Gasteiger partial charge in [0, 0.05) is 32.4 Å². The van der Waals surface area contributed by atoms with Gasteiger partial charge in [-0.3, -0.25) is 4.79 Å². The number of carbonyl (C=O) groups is 2. The summed E-state index contributed by atoms with van der Waals surface area (Å²) in [5.41, 5.74) is 0.756. The van der Waals surface area contributed by atoms with Crippen LogP contribution in [-0.4, -0.2) is 33.5 Å². The number of hydrogen-bond acceptors (Lipinski definition) is 4. The zero-order valence-corrected chi connectivity index (χ0v) is 18.5. The minimum absolute atomic E-state index is 0.132. The molecule has 1 saturated carbocycles. The van der Waals surface area contributed by atoms with E-state index in [1.807, 2.05) is 38.1 Å². The molecule has 0 saturated heterocycles. The topological polar surface area (TPSA) is 67.4 Å². The van der Waals surface area contributed by atoms with Crippen molar-refractivity contribution in [3.05, 3.63) is 59.4 Å². The molecule has 9 heteroatoms. The van der Waals surface area contributed by atoms with E-state index in [0.29, 0.717) is 25.5 Å². The smallest absolute Gasteiger partial charge is 0.388 e. The van der Waals surface area contributed by atoms with Gasteiger partial charge >= 0.3 is 6.18 Å². The lowest BCUT2D eigenvalue weighted by Gasteiger charge is -2.34. The first kappa shape index (κ1) is 26.3. The number of anilines is 2. The Bertz CT molecular complexity index is 919. The summed E-state index contributed by atoms with van der Waals surface area (Å²) < 4.78 is 57.7. The first-order valence-corrected chi connectivity index (χ1v) is 10.4. The molecule has 0 radical (unpaired) electrons. The van der Waals surface area contributed by atoms with Gasteiger partial charge in [0.1, 0.15) is 12.6 Å². The molecule has 3 rings (SSSR count). The molecule has 180 valence electrons. The second-order valence-electron chi connectivity index (χ2n) is 7.98. The first-order valence-electron chi connectivity index (χ1n) is 10.4. The Morgan fingerprint density at radius 3 is 2.30 bits per heavy atom. The number of benzene rings is 2. The maximum atomic E-state index is 14.2. The molecule has 1 amide bonds. The van der Waals surface area contributed by atoms with Crippen LogP contribution in [0.25, 0.3) is 0 Å². The van der Waals surface area contributed by atoms with E-state index in [4.69, 9.17) is 9.53 Å². The van der Waals surface area contributed by atoms with Crippen LogP contribution in [0.3, 0.4) is 0 Å². The molecule has 2 N–H and O–H groups in total. The summed E-state index contributed by atoms with van der Waals surface area (Å²) in [6.07, 6.45) is -2.62. The molecule has 1 aliphatic rings. The van der Waals surface area contributed by atoms with Crippen molar-refractivity contribution >= 4 is 24.1 Å². The van der Waals surface area contributed by atoms with Crippen molar-refractivity contribution in [2.24, 2.45) is 11.8 Å². The Morgan fingerprint density at radius 1 is 1.09 bits per heavy atom. The Balaban J connectivity index is 0.00000187. The highest BCUT2D eigenvalue weighted by Crippen LogP contribution is 2.40. The highest BCUT2D eigenvalue weighted by molar-refractivity contribution is 5.92. The van der Waals surface area contributed by atoms with Crippen molar-refractivity contribution in [1.82, 2.24) is 0 Å². The number of alkyl halides is 3. The number of methoxy groups -OCH3 is 1. The van der Waals surface area contributed by atoms with Gasteiger partial charge in [0.2, 0.25) is 5.91 Å². The fraction of sp³-hybridized carbons (Fsp3) is 0.417. The predicted molar refractivity (Wildman–Crippen MR) is 119 cm³/mol. The molecule has 3 unspecified atom stereocenters. The molecule has 0 aromatic heterocycles. The summed E-state index contributed by atoms with van der Waals surface area (Å²) in [6, 6.07) is 10.1. The number of rotatable bonds is 6. The largest absolute Gasteiger partial charge is 0.416 e. The van der Waals surface area contributed by atoms with E-state index in [1.54, 1.807) is 7.11 Å². The Kier molecular flexibility index (Phi) is 9.40. The predicted octanol–water partition coefficient (Wildman–Crippen LogP) is 5.49. The molecular formula is C24H28F4N2O3. The molecule has 2 aromatic carbocycles. The standard InChI is InChI=1S/C23H26F4N2O2.CH2O/c1-28-19-6-3-15(4-7-19)16-9-14(13-31-2)10-17(11-16)22(30)29-21-8-5-18(12-20(21)24)23(25,26)27;1-2/h3-8,12,14,16-17,28H,9-11,13H2,1-2H3,(H,29,30);1H2. The average Bonchev–Trinajstić information content (AvgIpc) is 2.81. The van der Waals surface area contributed by atoms with E-state index < -0.39 is 29.4 Å². The average molecular weight is 468 g/mol. The zero-order valence-electron chi connectivity index (χ0n) is 18.5. The summed E-state index contributed by atoms with van der Waals surface area (Å²) in [5.74, 6) is -1.61. The lowest BCUT2D eigenvalue weighted by molar-refractivity contribution is -0.137. The summed E-state index contributed by atoms with van der Waals surface area (Å²) in [5, 5.41) is 5.55. The minimum Gasteiger partial charge on any atom is -0.388 e. The second-order valence-corrected chi connectivity index (χ2v) is 7.98. The van der Waals surface area contributed by atoms with Crippen LogP contribution in [0.1, 0.15) is 36.3 Å². The molecule has 0 bridgehead atoms. The molecule has 33 heavy (non-hydrogen) atoms. The quantitative estimate of drug-likeness (QED) is 0.551. The molecule has 5 nitrogen and oxygen atoms in total. The van der Waals surface area contributed by atoms with Crippen LogP contribution in [0, 0.1) is 17.7 Å². The third kappa shape index (κ3) is 7.02. The number of hydrogen-bond donors (Lipinski definition) is 2. The van der Waals surface area contributed by atoms with Gasteiger partial charge in [-0.05, 0) is 67.0 Å². The van der Waals surface area contributed by atoms with Crippen LogP contribution >= 0.6 is 0 Å². The molecule has 1 aliphatic carbocycles. The van der Waals surface area contributed by atoms with Crippen LogP contribution in [0.4, 0.5) is 28.9 Å². The number of halogens is 4. The SMILES string of the molecule is C=O.CNc1ccc(C2CC(COC)CC(C(=O)Nc3ccc(C(F)(F)F)cc3F)C2)cc1. The van der Waals surface area contributed by atoms with Crippen LogP contribution in [0.15, 0.2) is 42.5 Å². The zero-order chi connectivity index (χ0) is 24.6. The van der Waals surface area contributed by atoms with Crippen molar-refractivity contribution in [2.45, 2.75) is 31.4 Å². The van der Waals surface area contributed by atoms with E-state index in [0.717, 1.165) is 29.8 Å². The number of amides is 1. The minimum atomic E-state index is -4.64. The van der Waals surface area contributed by atoms with Crippen LogP contribution < -0.4 is 10.6 Å². The lowest BCUT2D eigenvalue weighted by Crippen LogP contribution is -2.33. The Hall–Kier alpha value is -2.94. The third-order valence-corrected chi connectivity index (χ3v) is 5.80. The number of carbonyl (C=O) groups excluding carboxylic acids is 2. The van der Waals surface area contributed by atoms with E-state index in [1.165, 1.54) is 0 Å². The van der Waals surface area contributed by atoms with Crippen LogP contribution in [0.2, 0.25) is 0 Å². The third-order valence-electron chi connectivity index (χ3n) is 5.80. The van der Waals surface area contributed by atoms with Crippen molar-refractivity contribution in [1.29, 1.82) is 0 Å². The van der Waals surface area contributed by atoms with Gasteiger partial charge in [0.05, 0.1) is 11.3 Å². The van der Waals surface area contributed by atoms with Crippen molar-refractivity contribution in [3.8, 4) is 0 Å². The summed E-state index contributed by atoms with van der Waals surface area (Å²) in [6.45, 7) is 2.50. The second kappa shape index (κ2) is 11.8. The molecule has 0 heterocycles. The van der Waals surface area contributed by atoms with Crippen LogP contribution in [-0.2, 0) is 20.5 Å². The van der Waals surface area contributed by atoms with Gasteiger partial charge in [0.25, 0.3) is 0 Å². The Labute approximate surface area is 190 Å². The highest BCUT2D eigenvalue weighted by Gasteiger charge is 2.35. The van der Waals surface area contributed by atoms with E-state index >= 15 is 0 Å². The van der Waals surface area contributed by atoms with Gasteiger partial charge in [-0.2, -0.15) is 13.2 Å². The monoisotopic (exact) mass is 468 g/mol. The lowest BCUT2D eigenvalue weighted by atomic mass is 9.72. The highest BCUT2D eigenvalue weighted by atomic mass is 19.4. The van der Waals surface area contributed by atoms with Gasteiger partial charge in [-0.15, -0.1) is 0 Å². The van der Waals surface area contributed by atoms with E-state index in [9.17, 15) is 22.4 Å². The first-order chi connectivity index (χ1) is 15.7. The van der Waals surface area contributed by atoms with E-state index in [2.05, 4.69) is 10.6 Å². The molecule has 3 atom stereocenters. The van der Waals surface area contributed by atoms with Crippen molar-refractivity contribution in [2.75, 3.05) is 31.4 Å². The van der Waals surface area contributed by atoms with Gasteiger partial charge in [-0.25, -0.2) is 4.39 Å². The van der Waals surface area contributed by atoms with Gasteiger partial charge in [0.15, 0.2) is 0 Å². The maximum Gasteiger partial charge on any atom is 0.416 e. The molecule has 0 spiro atoms. The molecule has 0 aliphatic heterocycles. The van der Waals surface area contributed by atoms with Gasteiger partial charge < -0.3 is 20.2 Å². The Morgan fingerprint density at radius 2 is 1.76 bits per heavy atom. The van der Waals surface area contributed by atoms with Crippen molar-refractivity contribution in [3.63, 3.8) is 0 Å². The normalized spacial score (nSPS) is 20.4. The fourth-order valence-corrected chi connectivity index (χ4v) is 4.24.